The number of nitriles is 1. The number of hydrogen-bond acceptors (Lipinski definition) is 2. The van der Waals surface area contributed by atoms with Gasteiger partial charge in [0.15, 0.2) is 0 Å². The average Bonchev–Trinajstić information content (AvgIpc) is 2.55. The van der Waals surface area contributed by atoms with E-state index in [1.54, 1.807) is 6.08 Å². The van der Waals surface area contributed by atoms with Crippen molar-refractivity contribution in [2.75, 3.05) is 5.32 Å². The van der Waals surface area contributed by atoms with Gasteiger partial charge in [0.2, 0.25) is 0 Å². The molecule has 4 heteroatoms. The highest BCUT2D eigenvalue weighted by Gasteiger charge is 2.09. The molecule has 0 atom stereocenters. The van der Waals surface area contributed by atoms with E-state index in [1.165, 1.54) is 5.56 Å². The predicted octanol–water partition coefficient (Wildman–Crippen LogP) is 4.56. The summed E-state index contributed by atoms with van der Waals surface area (Å²) in [4.78, 5) is 12.2. The maximum absolute atomic E-state index is 12.2. The second-order valence-corrected chi connectivity index (χ2v) is 5.64. The van der Waals surface area contributed by atoms with Crippen molar-refractivity contribution in [3.63, 3.8) is 0 Å². The van der Waals surface area contributed by atoms with Crippen molar-refractivity contribution in [1.29, 1.82) is 5.26 Å². The van der Waals surface area contributed by atoms with Gasteiger partial charge in [0.25, 0.3) is 5.91 Å². The van der Waals surface area contributed by atoms with Gasteiger partial charge in [-0.1, -0.05) is 47.1 Å². The van der Waals surface area contributed by atoms with Crippen molar-refractivity contribution in [2.45, 2.75) is 13.3 Å². The zero-order chi connectivity index (χ0) is 15.9. The highest BCUT2D eigenvalue weighted by molar-refractivity contribution is 9.10. The Hall–Kier alpha value is -2.38. The van der Waals surface area contributed by atoms with Gasteiger partial charge in [-0.2, -0.15) is 5.26 Å². The summed E-state index contributed by atoms with van der Waals surface area (Å²) in [7, 11) is 0. The van der Waals surface area contributed by atoms with Crippen LogP contribution in [-0.4, -0.2) is 5.91 Å². The number of carbonyl (C=O) groups excluding carboxylic acids is 1. The molecule has 0 saturated carbocycles. The van der Waals surface area contributed by atoms with Crippen molar-refractivity contribution < 1.29 is 4.79 Å². The van der Waals surface area contributed by atoms with Gasteiger partial charge >= 0.3 is 0 Å². The molecule has 0 fully saturated rings. The summed E-state index contributed by atoms with van der Waals surface area (Å²) >= 11 is 3.35. The number of nitrogens with zero attached hydrogens (tertiary/aromatic N) is 1. The fourth-order valence-electron chi connectivity index (χ4n) is 1.90. The first-order valence-corrected chi connectivity index (χ1v) is 7.69. The van der Waals surface area contributed by atoms with Crippen molar-refractivity contribution in [3.05, 3.63) is 69.7 Å². The maximum Gasteiger partial charge on any atom is 0.266 e. The number of aryl methyl sites for hydroxylation is 1. The molecule has 1 N–H and O–H groups in total. The Bertz CT molecular complexity index is 725. The third kappa shape index (κ3) is 4.31. The van der Waals surface area contributed by atoms with Crippen molar-refractivity contribution in [3.8, 4) is 6.07 Å². The molecule has 0 aliphatic heterocycles. The van der Waals surface area contributed by atoms with Crippen LogP contribution >= 0.6 is 15.9 Å². The van der Waals surface area contributed by atoms with Crippen molar-refractivity contribution in [2.24, 2.45) is 0 Å². The molecule has 0 radical (unpaired) electrons. The summed E-state index contributed by atoms with van der Waals surface area (Å²) in [5.41, 5.74) is 2.75. The van der Waals surface area contributed by atoms with Gasteiger partial charge in [0, 0.05) is 10.2 Å². The molecule has 0 aromatic heterocycles. The number of amides is 1. The first-order chi connectivity index (χ1) is 10.6. The summed E-state index contributed by atoms with van der Waals surface area (Å²) in [5, 5.41) is 11.9. The molecule has 0 saturated heterocycles. The lowest BCUT2D eigenvalue weighted by molar-refractivity contribution is -0.112. The van der Waals surface area contributed by atoms with E-state index in [0.29, 0.717) is 5.69 Å². The Morgan fingerprint density at radius 1 is 1.18 bits per heavy atom. The monoisotopic (exact) mass is 354 g/mol. The minimum Gasteiger partial charge on any atom is -0.321 e. The molecule has 0 heterocycles. The van der Waals surface area contributed by atoms with Gasteiger partial charge in [0.1, 0.15) is 11.6 Å². The molecule has 2 rings (SSSR count). The van der Waals surface area contributed by atoms with Gasteiger partial charge in [0.05, 0.1) is 0 Å². The Morgan fingerprint density at radius 2 is 1.82 bits per heavy atom. The normalized spacial score (nSPS) is 10.9. The van der Waals surface area contributed by atoms with Crippen LogP contribution in [0.5, 0.6) is 0 Å². The van der Waals surface area contributed by atoms with Gasteiger partial charge in [-0.15, -0.1) is 0 Å². The molecule has 0 spiro atoms. The van der Waals surface area contributed by atoms with E-state index in [4.69, 9.17) is 0 Å². The minimum absolute atomic E-state index is 0.0712. The molecule has 22 heavy (non-hydrogen) atoms. The highest BCUT2D eigenvalue weighted by atomic mass is 79.9. The third-order valence-corrected chi connectivity index (χ3v) is 3.69. The lowest BCUT2D eigenvalue weighted by Gasteiger charge is -2.05. The van der Waals surface area contributed by atoms with Gasteiger partial charge in [-0.25, -0.2) is 0 Å². The standard InChI is InChI=1S/C18H15BrN2O/c1-2-13-5-9-17(10-6-13)21-18(22)15(12-20)11-14-3-7-16(19)8-4-14/h3-11H,2H2,1H3,(H,21,22)/b15-11+. The van der Waals surface area contributed by atoms with E-state index in [9.17, 15) is 10.1 Å². The summed E-state index contributed by atoms with van der Waals surface area (Å²) in [6, 6.07) is 16.9. The Kier molecular flexibility index (Phi) is 5.51. The van der Waals surface area contributed by atoms with E-state index in [2.05, 4.69) is 28.2 Å². The summed E-state index contributed by atoms with van der Waals surface area (Å²) < 4.78 is 0.948. The maximum atomic E-state index is 12.2. The van der Waals surface area contributed by atoms with E-state index in [0.717, 1.165) is 16.5 Å². The van der Waals surface area contributed by atoms with Crippen molar-refractivity contribution >= 4 is 33.6 Å². The van der Waals surface area contributed by atoms with Crippen LogP contribution < -0.4 is 5.32 Å². The first-order valence-electron chi connectivity index (χ1n) is 6.90. The summed E-state index contributed by atoms with van der Waals surface area (Å²) in [6.45, 7) is 2.07. The molecule has 0 bridgehead atoms. The Labute approximate surface area is 138 Å². The van der Waals surface area contributed by atoms with Crippen LogP contribution in [-0.2, 0) is 11.2 Å². The van der Waals surface area contributed by atoms with Crippen LogP contribution in [0.4, 0.5) is 5.69 Å². The molecule has 110 valence electrons. The third-order valence-electron chi connectivity index (χ3n) is 3.17. The van der Waals surface area contributed by atoms with Crippen LogP contribution in [0.15, 0.2) is 58.6 Å². The lowest BCUT2D eigenvalue weighted by atomic mass is 10.1. The summed E-state index contributed by atoms with van der Waals surface area (Å²) in [6.07, 6.45) is 2.52. The molecular formula is C18H15BrN2O. The molecule has 3 nitrogen and oxygen atoms in total. The molecule has 0 aliphatic carbocycles. The van der Waals surface area contributed by atoms with Crippen LogP contribution in [0, 0.1) is 11.3 Å². The number of hydrogen-bond donors (Lipinski definition) is 1. The van der Waals surface area contributed by atoms with E-state index in [1.807, 2.05) is 54.6 Å². The van der Waals surface area contributed by atoms with Gasteiger partial charge < -0.3 is 5.32 Å². The van der Waals surface area contributed by atoms with E-state index < -0.39 is 5.91 Å². The zero-order valence-electron chi connectivity index (χ0n) is 12.1. The number of rotatable bonds is 4. The first kappa shape index (κ1) is 16.0. The van der Waals surface area contributed by atoms with E-state index >= 15 is 0 Å². The van der Waals surface area contributed by atoms with Gasteiger partial charge in [-0.3, -0.25) is 4.79 Å². The minimum atomic E-state index is -0.408. The lowest BCUT2D eigenvalue weighted by Crippen LogP contribution is -2.13. The fraction of sp³-hybridized carbons (Fsp3) is 0.111. The topological polar surface area (TPSA) is 52.9 Å². The molecule has 2 aromatic carbocycles. The van der Waals surface area contributed by atoms with Crippen LogP contribution in [0.25, 0.3) is 6.08 Å². The quantitative estimate of drug-likeness (QED) is 0.646. The molecule has 2 aromatic rings. The number of nitrogens with one attached hydrogen (secondary N) is 1. The summed E-state index contributed by atoms with van der Waals surface area (Å²) in [5.74, 6) is -0.408. The van der Waals surface area contributed by atoms with Crippen LogP contribution in [0.1, 0.15) is 18.1 Å². The average molecular weight is 355 g/mol. The smallest absolute Gasteiger partial charge is 0.266 e. The number of halogens is 1. The number of benzene rings is 2. The Balaban J connectivity index is 2.14. The Morgan fingerprint density at radius 3 is 2.36 bits per heavy atom. The van der Waals surface area contributed by atoms with Crippen LogP contribution in [0.2, 0.25) is 0 Å². The van der Waals surface area contributed by atoms with Crippen molar-refractivity contribution in [1.82, 2.24) is 0 Å². The zero-order valence-corrected chi connectivity index (χ0v) is 13.7. The predicted molar refractivity (Wildman–Crippen MR) is 92.2 cm³/mol. The molecule has 1 amide bonds. The number of anilines is 1. The molecular weight excluding hydrogens is 340 g/mol. The fourth-order valence-corrected chi connectivity index (χ4v) is 2.16. The largest absolute Gasteiger partial charge is 0.321 e. The van der Waals surface area contributed by atoms with Crippen LogP contribution in [0.3, 0.4) is 0 Å². The SMILES string of the molecule is CCc1ccc(NC(=O)/C(C#N)=C/c2ccc(Br)cc2)cc1. The second kappa shape index (κ2) is 7.58. The molecule has 0 aliphatic rings. The van der Waals surface area contributed by atoms with Gasteiger partial charge in [-0.05, 0) is 47.9 Å². The highest BCUT2D eigenvalue weighted by Crippen LogP contribution is 2.15. The second-order valence-electron chi connectivity index (χ2n) is 4.73. The molecule has 0 unspecified atom stereocenters. The number of carbonyl (C=O) groups is 1. The van der Waals surface area contributed by atoms with E-state index in [-0.39, 0.29) is 5.57 Å².